The van der Waals surface area contributed by atoms with E-state index in [-0.39, 0.29) is 12.3 Å². The third-order valence-corrected chi connectivity index (χ3v) is 2.74. The minimum Gasteiger partial charge on any atom is -0.392 e. The highest BCUT2D eigenvalue weighted by atomic mass is 19.3. The molecule has 1 aromatic rings. The third-order valence-electron chi connectivity index (χ3n) is 2.74. The standard InChI is InChI=1S/C9H12F2N2O/c10-9(11)2-1-7(8(14)3-9)6-4-12-13-5-6/h4-5,7-8,14H,1-3H2,(H,12,13)/t7-,8?/m1/s1. The molecule has 0 amide bonds. The van der Waals surface area contributed by atoms with E-state index in [1.165, 1.54) is 0 Å². The van der Waals surface area contributed by atoms with E-state index in [0.717, 1.165) is 5.56 Å². The summed E-state index contributed by atoms with van der Waals surface area (Å²) in [7, 11) is 0. The Morgan fingerprint density at radius 3 is 2.93 bits per heavy atom. The van der Waals surface area contributed by atoms with Gasteiger partial charge in [-0.2, -0.15) is 5.10 Å². The molecule has 1 heterocycles. The van der Waals surface area contributed by atoms with Crippen LogP contribution in [0.4, 0.5) is 8.78 Å². The maximum absolute atomic E-state index is 12.9. The van der Waals surface area contributed by atoms with E-state index in [0.29, 0.717) is 6.42 Å². The molecule has 0 aromatic carbocycles. The Morgan fingerprint density at radius 1 is 1.57 bits per heavy atom. The highest BCUT2D eigenvalue weighted by Gasteiger charge is 2.41. The summed E-state index contributed by atoms with van der Waals surface area (Å²) in [6.07, 6.45) is 1.99. The minimum absolute atomic E-state index is 0.153. The van der Waals surface area contributed by atoms with Gasteiger partial charge in [0.15, 0.2) is 0 Å². The first-order valence-electron chi connectivity index (χ1n) is 4.63. The van der Waals surface area contributed by atoms with Crippen molar-refractivity contribution in [2.24, 2.45) is 0 Å². The van der Waals surface area contributed by atoms with Crippen molar-refractivity contribution in [3.63, 3.8) is 0 Å². The molecule has 78 valence electrons. The van der Waals surface area contributed by atoms with E-state index < -0.39 is 18.4 Å². The van der Waals surface area contributed by atoms with Crippen molar-refractivity contribution >= 4 is 0 Å². The fourth-order valence-electron chi connectivity index (χ4n) is 1.96. The molecule has 1 fully saturated rings. The van der Waals surface area contributed by atoms with Gasteiger partial charge in [-0.3, -0.25) is 5.10 Å². The molecule has 1 aliphatic carbocycles. The molecule has 0 saturated heterocycles. The smallest absolute Gasteiger partial charge is 0.250 e. The first kappa shape index (κ1) is 9.58. The number of halogens is 2. The topological polar surface area (TPSA) is 48.9 Å². The van der Waals surface area contributed by atoms with Crippen LogP contribution in [0.3, 0.4) is 0 Å². The molecule has 3 nitrogen and oxygen atoms in total. The summed E-state index contributed by atoms with van der Waals surface area (Å²) in [5.74, 6) is -2.91. The lowest BCUT2D eigenvalue weighted by Crippen LogP contribution is -2.34. The van der Waals surface area contributed by atoms with Crippen LogP contribution in [0.5, 0.6) is 0 Å². The SMILES string of the molecule is OC1CC(F)(F)CC[C@@H]1c1cn[nH]c1. The Kier molecular flexibility index (Phi) is 2.26. The Bertz CT molecular complexity index is 300. The van der Waals surface area contributed by atoms with Crippen molar-refractivity contribution in [1.29, 1.82) is 0 Å². The van der Waals surface area contributed by atoms with E-state index in [1.807, 2.05) is 0 Å². The number of aliphatic hydroxyl groups excluding tert-OH is 1. The molecule has 2 rings (SSSR count). The molecular weight excluding hydrogens is 190 g/mol. The minimum atomic E-state index is -2.71. The van der Waals surface area contributed by atoms with E-state index in [4.69, 9.17) is 0 Å². The van der Waals surface area contributed by atoms with Crippen LogP contribution < -0.4 is 0 Å². The molecule has 1 aliphatic rings. The van der Waals surface area contributed by atoms with Gasteiger partial charge >= 0.3 is 0 Å². The first-order valence-corrected chi connectivity index (χ1v) is 4.63. The van der Waals surface area contributed by atoms with Crippen molar-refractivity contribution in [3.8, 4) is 0 Å². The Hall–Kier alpha value is -0.970. The number of nitrogens with zero attached hydrogens (tertiary/aromatic N) is 1. The van der Waals surface area contributed by atoms with Gasteiger partial charge in [-0.1, -0.05) is 0 Å². The average molecular weight is 202 g/mol. The number of aliphatic hydroxyl groups is 1. The predicted molar refractivity (Wildman–Crippen MR) is 46.1 cm³/mol. The van der Waals surface area contributed by atoms with Crippen molar-refractivity contribution in [2.75, 3.05) is 0 Å². The average Bonchev–Trinajstić information content (AvgIpc) is 2.54. The molecule has 1 aromatic heterocycles. The molecule has 5 heteroatoms. The number of aromatic amines is 1. The van der Waals surface area contributed by atoms with Crippen LogP contribution in [0.2, 0.25) is 0 Å². The summed E-state index contributed by atoms with van der Waals surface area (Å²) < 4.78 is 25.8. The van der Waals surface area contributed by atoms with Gasteiger partial charge in [0.05, 0.1) is 12.3 Å². The predicted octanol–water partition coefficient (Wildman–Crippen LogP) is 1.67. The van der Waals surface area contributed by atoms with Gasteiger partial charge in [-0.15, -0.1) is 0 Å². The number of nitrogens with one attached hydrogen (secondary N) is 1. The molecule has 1 unspecified atom stereocenters. The summed E-state index contributed by atoms with van der Waals surface area (Å²) in [5.41, 5.74) is 0.813. The van der Waals surface area contributed by atoms with E-state index in [1.54, 1.807) is 12.4 Å². The van der Waals surface area contributed by atoms with Crippen molar-refractivity contribution in [3.05, 3.63) is 18.0 Å². The zero-order valence-corrected chi connectivity index (χ0v) is 7.58. The molecule has 0 aliphatic heterocycles. The Labute approximate surface area is 80.1 Å². The summed E-state index contributed by atoms with van der Waals surface area (Å²) in [6.45, 7) is 0. The van der Waals surface area contributed by atoms with Crippen molar-refractivity contribution in [1.82, 2.24) is 10.2 Å². The van der Waals surface area contributed by atoms with E-state index >= 15 is 0 Å². The lowest BCUT2D eigenvalue weighted by molar-refractivity contribution is -0.0839. The molecular formula is C9H12F2N2O. The molecule has 0 radical (unpaired) electrons. The van der Waals surface area contributed by atoms with Gasteiger partial charge in [0.2, 0.25) is 0 Å². The van der Waals surface area contributed by atoms with Crippen LogP contribution in [-0.2, 0) is 0 Å². The van der Waals surface area contributed by atoms with Crippen LogP contribution >= 0.6 is 0 Å². The summed E-state index contributed by atoms with van der Waals surface area (Å²) >= 11 is 0. The normalized spacial score (nSPS) is 31.6. The van der Waals surface area contributed by atoms with Gasteiger partial charge in [0, 0.05) is 25.0 Å². The number of aromatic nitrogens is 2. The van der Waals surface area contributed by atoms with Crippen LogP contribution in [0.1, 0.15) is 30.7 Å². The molecule has 14 heavy (non-hydrogen) atoms. The van der Waals surface area contributed by atoms with Crippen LogP contribution in [-0.4, -0.2) is 27.3 Å². The molecule has 1 saturated carbocycles. The lowest BCUT2D eigenvalue weighted by atomic mass is 9.81. The monoisotopic (exact) mass is 202 g/mol. The van der Waals surface area contributed by atoms with Crippen LogP contribution in [0.25, 0.3) is 0 Å². The van der Waals surface area contributed by atoms with Crippen LogP contribution in [0, 0.1) is 0 Å². The maximum Gasteiger partial charge on any atom is 0.250 e. The van der Waals surface area contributed by atoms with Gasteiger partial charge in [0.25, 0.3) is 5.92 Å². The van der Waals surface area contributed by atoms with E-state index in [9.17, 15) is 13.9 Å². The van der Waals surface area contributed by atoms with Gasteiger partial charge in [-0.25, -0.2) is 8.78 Å². The number of rotatable bonds is 1. The molecule has 0 bridgehead atoms. The van der Waals surface area contributed by atoms with Crippen molar-refractivity contribution in [2.45, 2.75) is 37.2 Å². The second-order valence-electron chi connectivity index (χ2n) is 3.80. The zero-order chi connectivity index (χ0) is 10.2. The Morgan fingerprint density at radius 2 is 2.36 bits per heavy atom. The van der Waals surface area contributed by atoms with Gasteiger partial charge < -0.3 is 5.11 Å². The fourth-order valence-corrected chi connectivity index (χ4v) is 1.96. The zero-order valence-electron chi connectivity index (χ0n) is 7.58. The fraction of sp³-hybridized carbons (Fsp3) is 0.667. The van der Waals surface area contributed by atoms with Gasteiger partial charge in [0.1, 0.15) is 0 Å². The summed E-state index contributed by atoms with van der Waals surface area (Å²) in [6, 6.07) is 0. The molecule has 0 spiro atoms. The Balaban J connectivity index is 2.10. The maximum atomic E-state index is 12.9. The number of hydrogen-bond donors (Lipinski definition) is 2. The van der Waals surface area contributed by atoms with Crippen molar-refractivity contribution < 1.29 is 13.9 Å². The van der Waals surface area contributed by atoms with Crippen LogP contribution in [0.15, 0.2) is 12.4 Å². The highest BCUT2D eigenvalue weighted by Crippen LogP contribution is 2.40. The van der Waals surface area contributed by atoms with Gasteiger partial charge in [-0.05, 0) is 12.0 Å². The number of hydrogen-bond acceptors (Lipinski definition) is 2. The third kappa shape index (κ3) is 1.77. The second kappa shape index (κ2) is 3.31. The lowest BCUT2D eigenvalue weighted by Gasteiger charge is -2.32. The summed E-state index contributed by atoms with van der Waals surface area (Å²) in [5, 5.41) is 15.9. The quantitative estimate of drug-likeness (QED) is 0.727. The first-order chi connectivity index (χ1) is 6.58. The second-order valence-corrected chi connectivity index (χ2v) is 3.80. The number of H-pyrrole nitrogens is 1. The number of alkyl halides is 2. The summed E-state index contributed by atoms with van der Waals surface area (Å²) in [4.78, 5) is 0. The highest BCUT2D eigenvalue weighted by molar-refractivity contribution is 5.14. The molecule has 2 atom stereocenters. The van der Waals surface area contributed by atoms with E-state index in [2.05, 4.69) is 10.2 Å². The largest absolute Gasteiger partial charge is 0.392 e. The molecule has 2 N–H and O–H groups in total.